The first-order chi connectivity index (χ1) is 28.2. The van der Waals surface area contributed by atoms with Crippen molar-refractivity contribution < 1.29 is 38.4 Å². The summed E-state index contributed by atoms with van der Waals surface area (Å²) < 4.78 is 15.2. The Labute approximate surface area is 338 Å². The molecule has 0 saturated heterocycles. The summed E-state index contributed by atoms with van der Waals surface area (Å²) in [5.74, 6) is -1.72. The molecule has 0 bridgehead atoms. The van der Waals surface area contributed by atoms with Crippen LogP contribution in [0.15, 0.2) is 42.9 Å². The monoisotopic (exact) mass is 820 g/mol. The highest BCUT2D eigenvalue weighted by Crippen LogP contribution is 2.31. The van der Waals surface area contributed by atoms with Crippen LogP contribution in [0.3, 0.4) is 0 Å². The molecule has 0 aliphatic heterocycles. The number of amides is 4. The molecule has 1 aliphatic carbocycles. The van der Waals surface area contributed by atoms with Crippen LogP contribution in [0.2, 0.25) is 0 Å². The molecular weight excluding hydrogens is 772 g/mol. The smallest absolute Gasteiger partial charge is 0.431 e. The molecule has 3 aromatic heterocycles. The number of hydrogen-bond donors (Lipinski definition) is 4. The summed E-state index contributed by atoms with van der Waals surface area (Å²) in [6.07, 6.45) is 5.10. The van der Waals surface area contributed by atoms with Gasteiger partial charge in [0.15, 0.2) is 0 Å². The van der Waals surface area contributed by atoms with E-state index in [4.69, 9.17) is 9.47 Å². The van der Waals surface area contributed by atoms with E-state index < -0.39 is 28.6 Å². The zero-order valence-electron chi connectivity index (χ0n) is 33.0. The van der Waals surface area contributed by atoms with Gasteiger partial charge in [0.1, 0.15) is 28.9 Å². The van der Waals surface area contributed by atoms with E-state index in [1.807, 2.05) is 0 Å². The summed E-state index contributed by atoms with van der Waals surface area (Å²) in [5.41, 5.74) is 0.338. The van der Waals surface area contributed by atoms with E-state index in [9.17, 15) is 34.1 Å². The van der Waals surface area contributed by atoms with Crippen molar-refractivity contribution in [3.05, 3.63) is 70.1 Å². The third-order valence-corrected chi connectivity index (χ3v) is 9.79. The Morgan fingerprint density at radius 1 is 0.712 bits per heavy atom. The van der Waals surface area contributed by atoms with E-state index in [0.29, 0.717) is 42.8 Å². The van der Waals surface area contributed by atoms with Gasteiger partial charge in [-0.2, -0.15) is 0 Å². The van der Waals surface area contributed by atoms with Crippen molar-refractivity contribution in [1.82, 2.24) is 66.2 Å². The molecule has 4 aromatic rings. The molecule has 1 saturated carbocycles. The standard InChI is InChI=1S/C36H48N14O9/c1-47-21-25(41-44-47)18-37-31(51)12-15-36(16-13-32(52)38-19-26-22-48(2)45-42-26,17-14-33(53)39-20-27-23-49(3)46-43-27)40-34(54)24-4-8-29(9-5-24)58-35(55)59-30-10-6-28(7-11-30)50(56)57/h6-7,10-11,21-24,29H,4-5,8-9,12-20H2,1-3H3,(H,37,51)(H,38,52)(H,39,53)(H,40,54). The summed E-state index contributed by atoms with van der Waals surface area (Å²) >= 11 is 0. The molecule has 0 atom stereocenters. The molecule has 0 radical (unpaired) electrons. The number of nitro groups is 1. The molecule has 23 heteroatoms. The van der Waals surface area contributed by atoms with Gasteiger partial charge in [-0.25, -0.2) is 4.79 Å². The number of nitrogens with zero attached hydrogens (tertiary/aromatic N) is 10. The molecule has 0 unspecified atom stereocenters. The second-order valence-corrected chi connectivity index (χ2v) is 14.4. The fourth-order valence-corrected chi connectivity index (χ4v) is 6.58. The Kier molecular flexibility index (Phi) is 15.1. The van der Waals surface area contributed by atoms with Crippen LogP contribution in [0.1, 0.15) is 81.3 Å². The van der Waals surface area contributed by atoms with E-state index in [1.54, 1.807) is 39.7 Å². The summed E-state index contributed by atoms with van der Waals surface area (Å²) in [6, 6.07) is 4.99. The maximum absolute atomic E-state index is 14.1. The number of hydrogen-bond acceptors (Lipinski definition) is 15. The highest BCUT2D eigenvalue weighted by molar-refractivity contribution is 5.81. The van der Waals surface area contributed by atoms with Crippen LogP contribution in [-0.4, -0.2) is 91.3 Å². The number of non-ortho nitro benzene ring substituents is 1. The van der Waals surface area contributed by atoms with Crippen LogP contribution in [0.5, 0.6) is 5.75 Å². The van der Waals surface area contributed by atoms with Crippen molar-refractivity contribution in [2.45, 2.75) is 95.5 Å². The van der Waals surface area contributed by atoms with Crippen LogP contribution in [0.4, 0.5) is 10.5 Å². The molecule has 3 heterocycles. The fourth-order valence-electron chi connectivity index (χ4n) is 6.58. The van der Waals surface area contributed by atoms with Gasteiger partial charge >= 0.3 is 6.16 Å². The molecule has 1 aromatic carbocycles. The summed E-state index contributed by atoms with van der Waals surface area (Å²) in [7, 11) is 5.13. The lowest BCUT2D eigenvalue weighted by Crippen LogP contribution is -2.52. The van der Waals surface area contributed by atoms with Gasteiger partial charge in [0.05, 0.1) is 24.6 Å². The number of carbonyl (C=O) groups excluding carboxylic acids is 5. The Balaban J connectivity index is 1.25. The largest absolute Gasteiger partial charge is 0.514 e. The molecule has 1 aliphatic rings. The van der Waals surface area contributed by atoms with Crippen molar-refractivity contribution in [2.24, 2.45) is 27.1 Å². The molecule has 23 nitrogen and oxygen atoms in total. The van der Waals surface area contributed by atoms with Crippen LogP contribution >= 0.6 is 0 Å². The minimum Gasteiger partial charge on any atom is -0.431 e. The summed E-state index contributed by atoms with van der Waals surface area (Å²) in [4.78, 5) is 76.5. The van der Waals surface area contributed by atoms with Crippen molar-refractivity contribution in [3.63, 3.8) is 0 Å². The number of benzene rings is 1. The second kappa shape index (κ2) is 20.6. The SMILES string of the molecule is Cn1cc(CNC(=O)CCC(CCC(=O)NCc2cn(C)nn2)(CCC(=O)NCc2cn(C)nn2)NC(=O)C2CCC(OC(=O)Oc3ccc([N+](=O)[O-])cc3)CC2)nn1. The molecule has 0 spiro atoms. The zero-order valence-corrected chi connectivity index (χ0v) is 33.0. The van der Waals surface area contributed by atoms with E-state index >= 15 is 0 Å². The van der Waals surface area contributed by atoms with Gasteiger partial charge in [0, 0.05) is 82.6 Å². The zero-order chi connectivity index (χ0) is 42.4. The number of aromatic nitrogens is 9. The first kappa shape index (κ1) is 43.3. The molecule has 1 fully saturated rings. The number of ether oxygens (including phenoxy) is 2. The van der Waals surface area contributed by atoms with Gasteiger partial charge < -0.3 is 30.7 Å². The van der Waals surface area contributed by atoms with Gasteiger partial charge in [0.2, 0.25) is 23.6 Å². The second-order valence-electron chi connectivity index (χ2n) is 14.4. The average Bonchev–Trinajstić information content (AvgIpc) is 3.96. The molecule has 5 rings (SSSR count). The minimum atomic E-state index is -1.17. The average molecular weight is 821 g/mol. The third kappa shape index (κ3) is 14.0. The van der Waals surface area contributed by atoms with Gasteiger partial charge in [-0.05, 0) is 57.1 Å². The van der Waals surface area contributed by atoms with Crippen molar-refractivity contribution in [3.8, 4) is 5.75 Å². The number of carbonyl (C=O) groups is 5. The molecule has 59 heavy (non-hydrogen) atoms. The molecule has 4 amide bonds. The predicted molar refractivity (Wildman–Crippen MR) is 203 cm³/mol. The molecule has 4 N–H and O–H groups in total. The summed E-state index contributed by atoms with van der Waals surface area (Å²) in [5, 5.41) is 46.2. The molecular formula is C36H48N14O9. The highest BCUT2D eigenvalue weighted by Gasteiger charge is 2.37. The van der Waals surface area contributed by atoms with Crippen LogP contribution < -0.4 is 26.0 Å². The fraction of sp³-hybridized carbons (Fsp3) is 0.528. The van der Waals surface area contributed by atoms with Crippen molar-refractivity contribution in [1.29, 1.82) is 0 Å². The van der Waals surface area contributed by atoms with Gasteiger partial charge in [-0.3, -0.25) is 43.3 Å². The maximum atomic E-state index is 14.1. The maximum Gasteiger partial charge on any atom is 0.514 e. The van der Waals surface area contributed by atoms with Crippen LogP contribution in [-0.2, 0) is 64.7 Å². The Hall–Kier alpha value is -6.81. The van der Waals surface area contributed by atoms with Crippen LogP contribution in [0, 0.1) is 16.0 Å². The Morgan fingerprint density at radius 2 is 1.14 bits per heavy atom. The van der Waals surface area contributed by atoms with E-state index in [0.717, 1.165) is 0 Å². The highest BCUT2D eigenvalue weighted by atomic mass is 16.7. The van der Waals surface area contributed by atoms with Gasteiger partial charge in [-0.15, -0.1) is 15.3 Å². The number of nitrogens with one attached hydrogen (secondary N) is 4. The summed E-state index contributed by atoms with van der Waals surface area (Å²) in [6.45, 7) is 0.400. The molecule has 316 valence electrons. The lowest BCUT2D eigenvalue weighted by atomic mass is 9.81. The lowest BCUT2D eigenvalue weighted by molar-refractivity contribution is -0.384. The predicted octanol–water partition coefficient (Wildman–Crippen LogP) is 1.20. The number of nitro benzene ring substituents is 1. The first-order valence-corrected chi connectivity index (χ1v) is 19.0. The topological polar surface area (TPSA) is 287 Å². The van der Waals surface area contributed by atoms with E-state index in [1.165, 1.54) is 38.3 Å². The Morgan fingerprint density at radius 3 is 1.51 bits per heavy atom. The van der Waals surface area contributed by atoms with Gasteiger partial charge in [-0.1, -0.05) is 15.6 Å². The van der Waals surface area contributed by atoms with Crippen molar-refractivity contribution >= 4 is 35.5 Å². The van der Waals surface area contributed by atoms with E-state index in [-0.39, 0.29) is 93.2 Å². The third-order valence-electron chi connectivity index (χ3n) is 9.79. The van der Waals surface area contributed by atoms with E-state index in [2.05, 4.69) is 52.2 Å². The lowest BCUT2D eigenvalue weighted by Gasteiger charge is -2.37. The van der Waals surface area contributed by atoms with Gasteiger partial charge in [0.25, 0.3) is 5.69 Å². The number of rotatable bonds is 20. The normalized spacial score (nSPS) is 15.2. The quantitative estimate of drug-likeness (QED) is 0.0422. The van der Waals surface area contributed by atoms with Crippen molar-refractivity contribution in [2.75, 3.05) is 0 Å². The van der Waals surface area contributed by atoms with Crippen LogP contribution in [0.25, 0.3) is 0 Å². The minimum absolute atomic E-state index is 0.0412. The first-order valence-electron chi connectivity index (χ1n) is 19.0. The number of aryl methyl sites for hydroxylation is 3. The Bertz CT molecular complexity index is 1930.